The lowest BCUT2D eigenvalue weighted by atomic mass is 10.1. The molecule has 0 bridgehead atoms. The Bertz CT molecular complexity index is 645. The molecule has 1 aromatic heterocycles. The van der Waals surface area contributed by atoms with Gasteiger partial charge in [0.25, 0.3) is 5.91 Å². The molecule has 2 N–H and O–H groups in total. The molecule has 0 aliphatic carbocycles. The highest BCUT2D eigenvalue weighted by Gasteiger charge is 2.31. The Labute approximate surface area is 117 Å². The second-order valence-corrected chi connectivity index (χ2v) is 3.93. The van der Waals surface area contributed by atoms with Crippen molar-refractivity contribution < 1.29 is 18.0 Å². The van der Waals surface area contributed by atoms with Crippen LogP contribution in [0, 0.1) is 0 Å². The minimum Gasteiger partial charge on any atom is -0.387 e. The number of aromatic nitrogens is 3. The monoisotopic (exact) mass is 297 g/mol. The van der Waals surface area contributed by atoms with E-state index in [0.717, 1.165) is 12.1 Å². The average molecular weight is 297 g/mol. The summed E-state index contributed by atoms with van der Waals surface area (Å²) in [4.78, 5) is 15.8. The van der Waals surface area contributed by atoms with E-state index >= 15 is 0 Å². The first-order valence-corrected chi connectivity index (χ1v) is 5.76. The fourth-order valence-electron chi connectivity index (χ4n) is 1.60. The molecule has 21 heavy (non-hydrogen) atoms. The van der Waals surface area contributed by atoms with Crippen molar-refractivity contribution >= 4 is 17.5 Å². The van der Waals surface area contributed by atoms with Crippen molar-refractivity contribution in [2.24, 2.45) is 0 Å². The van der Waals surface area contributed by atoms with Gasteiger partial charge in [-0.15, -0.1) is 5.10 Å². The molecule has 0 aliphatic rings. The lowest BCUT2D eigenvalue weighted by Crippen LogP contribution is -2.17. The van der Waals surface area contributed by atoms with Crippen LogP contribution in [0.5, 0.6) is 0 Å². The molecule has 2 aromatic rings. The van der Waals surface area contributed by atoms with E-state index in [9.17, 15) is 18.0 Å². The summed E-state index contributed by atoms with van der Waals surface area (Å²) in [6.45, 7) is 0. The Morgan fingerprint density at radius 3 is 2.57 bits per heavy atom. The van der Waals surface area contributed by atoms with Crippen LogP contribution in [0.1, 0.15) is 15.9 Å². The van der Waals surface area contributed by atoms with Gasteiger partial charge in [-0.3, -0.25) is 10.1 Å². The topological polar surface area (TPSA) is 79.8 Å². The quantitative estimate of drug-likeness (QED) is 0.907. The highest BCUT2D eigenvalue weighted by Crippen LogP contribution is 2.31. The van der Waals surface area contributed by atoms with Crippen molar-refractivity contribution in [2.45, 2.75) is 6.18 Å². The summed E-state index contributed by atoms with van der Waals surface area (Å²) in [6.07, 6.45) is -1.93. The zero-order valence-electron chi connectivity index (χ0n) is 10.8. The largest absolute Gasteiger partial charge is 0.416 e. The molecule has 0 unspecified atom stereocenters. The second kappa shape index (κ2) is 5.73. The Balaban J connectivity index is 2.34. The van der Waals surface area contributed by atoms with E-state index in [1.54, 1.807) is 0 Å². The number of carbonyl (C=O) groups excluding carboxylic acids is 1. The number of hydrogen-bond donors (Lipinski definition) is 2. The number of nitrogens with one attached hydrogen (secondary N) is 2. The summed E-state index contributed by atoms with van der Waals surface area (Å²) in [5.74, 6) is -0.861. The number of anilines is 2. The van der Waals surface area contributed by atoms with Gasteiger partial charge in [-0.25, -0.2) is 4.98 Å². The maximum atomic E-state index is 12.7. The fraction of sp³-hybridized carbons (Fsp3) is 0.167. The Morgan fingerprint density at radius 1 is 1.24 bits per heavy atom. The summed E-state index contributed by atoms with van der Waals surface area (Å²) in [5.41, 5.74) is -0.831. The van der Waals surface area contributed by atoms with Crippen molar-refractivity contribution in [3.63, 3.8) is 0 Å². The van der Waals surface area contributed by atoms with Crippen LogP contribution in [-0.4, -0.2) is 28.1 Å². The van der Waals surface area contributed by atoms with Crippen LogP contribution in [0.3, 0.4) is 0 Å². The second-order valence-electron chi connectivity index (χ2n) is 3.93. The lowest BCUT2D eigenvalue weighted by molar-refractivity contribution is -0.137. The summed E-state index contributed by atoms with van der Waals surface area (Å²) in [6, 6.07) is 2.84. The standard InChI is InChI=1S/C12H10F3N5O/c1-16-9-3-2-7(12(13,14)15)6-8(9)10(21)19-11-17-4-5-18-20-11/h2-6,16H,1H3,(H,17,19,20,21). The summed E-state index contributed by atoms with van der Waals surface area (Å²) in [5, 5.41) is 12.0. The maximum Gasteiger partial charge on any atom is 0.416 e. The molecule has 0 aliphatic heterocycles. The number of halogens is 3. The average Bonchev–Trinajstić information content (AvgIpc) is 2.46. The van der Waals surface area contributed by atoms with Crippen LogP contribution in [-0.2, 0) is 6.18 Å². The molecular formula is C12H10F3N5O. The van der Waals surface area contributed by atoms with Gasteiger partial charge in [-0.1, -0.05) is 0 Å². The van der Waals surface area contributed by atoms with E-state index in [4.69, 9.17) is 0 Å². The highest BCUT2D eigenvalue weighted by atomic mass is 19.4. The van der Waals surface area contributed by atoms with Crippen LogP contribution in [0.15, 0.2) is 30.6 Å². The van der Waals surface area contributed by atoms with E-state index in [1.165, 1.54) is 25.5 Å². The molecule has 0 spiro atoms. The third kappa shape index (κ3) is 3.44. The van der Waals surface area contributed by atoms with E-state index < -0.39 is 17.6 Å². The molecule has 6 nitrogen and oxygen atoms in total. The van der Waals surface area contributed by atoms with Gasteiger partial charge in [0.2, 0.25) is 5.95 Å². The number of carbonyl (C=O) groups is 1. The van der Waals surface area contributed by atoms with Gasteiger partial charge in [0.1, 0.15) is 0 Å². The fourth-order valence-corrected chi connectivity index (χ4v) is 1.60. The van der Waals surface area contributed by atoms with Gasteiger partial charge < -0.3 is 5.32 Å². The van der Waals surface area contributed by atoms with Gasteiger partial charge in [-0.05, 0) is 18.2 Å². The summed E-state index contributed by atoms with van der Waals surface area (Å²) >= 11 is 0. The minimum absolute atomic E-state index is 0.0954. The molecule has 2 rings (SSSR count). The number of nitrogens with zero attached hydrogens (tertiary/aromatic N) is 3. The van der Waals surface area contributed by atoms with Crippen molar-refractivity contribution in [1.82, 2.24) is 15.2 Å². The zero-order chi connectivity index (χ0) is 15.5. The van der Waals surface area contributed by atoms with Crippen LogP contribution in [0.2, 0.25) is 0 Å². The van der Waals surface area contributed by atoms with Crippen LogP contribution >= 0.6 is 0 Å². The third-order valence-corrected chi connectivity index (χ3v) is 2.57. The smallest absolute Gasteiger partial charge is 0.387 e. The molecule has 1 amide bonds. The first-order chi connectivity index (χ1) is 9.91. The molecule has 0 atom stereocenters. The van der Waals surface area contributed by atoms with Crippen LogP contribution in [0.4, 0.5) is 24.8 Å². The number of rotatable bonds is 3. The molecule has 110 valence electrons. The molecule has 0 radical (unpaired) electrons. The van der Waals surface area contributed by atoms with Gasteiger partial charge in [-0.2, -0.15) is 18.3 Å². The van der Waals surface area contributed by atoms with E-state index in [2.05, 4.69) is 25.8 Å². The molecule has 0 saturated carbocycles. The highest BCUT2D eigenvalue weighted by molar-refractivity contribution is 6.07. The van der Waals surface area contributed by atoms with Crippen molar-refractivity contribution in [2.75, 3.05) is 17.7 Å². The number of alkyl halides is 3. The Kier molecular flexibility index (Phi) is 4.01. The van der Waals surface area contributed by atoms with Gasteiger partial charge >= 0.3 is 6.18 Å². The van der Waals surface area contributed by atoms with Crippen LogP contribution in [0.25, 0.3) is 0 Å². The predicted molar refractivity (Wildman–Crippen MR) is 68.8 cm³/mol. The van der Waals surface area contributed by atoms with Crippen molar-refractivity contribution in [3.05, 3.63) is 41.7 Å². The summed E-state index contributed by atoms with van der Waals surface area (Å²) < 4.78 is 38.1. The zero-order valence-corrected chi connectivity index (χ0v) is 10.8. The Hall–Kier alpha value is -2.71. The van der Waals surface area contributed by atoms with Crippen molar-refractivity contribution in [3.8, 4) is 0 Å². The van der Waals surface area contributed by atoms with E-state index in [-0.39, 0.29) is 17.2 Å². The molecule has 1 aromatic carbocycles. The first-order valence-electron chi connectivity index (χ1n) is 5.76. The lowest BCUT2D eigenvalue weighted by Gasteiger charge is -2.12. The SMILES string of the molecule is CNc1ccc(C(F)(F)F)cc1C(=O)Nc1nccnn1. The number of benzene rings is 1. The maximum absolute atomic E-state index is 12.7. The molecular weight excluding hydrogens is 287 g/mol. The van der Waals surface area contributed by atoms with Gasteiger partial charge in [0, 0.05) is 12.7 Å². The molecule has 9 heteroatoms. The predicted octanol–water partition coefficient (Wildman–Crippen LogP) is 2.18. The summed E-state index contributed by atoms with van der Waals surface area (Å²) in [7, 11) is 1.50. The number of amides is 1. The molecule has 1 heterocycles. The van der Waals surface area contributed by atoms with Gasteiger partial charge in [0.05, 0.1) is 23.5 Å². The minimum atomic E-state index is -4.54. The van der Waals surface area contributed by atoms with Crippen LogP contribution < -0.4 is 10.6 Å². The normalized spacial score (nSPS) is 11.0. The third-order valence-electron chi connectivity index (χ3n) is 2.57. The molecule has 0 saturated heterocycles. The van der Waals surface area contributed by atoms with Crippen molar-refractivity contribution in [1.29, 1.82) is 0 Å². The molecule has 0 fully saturated rings. The van der Waals surface area contributed by atoms with Gasteiger partial charge in [0.15, 0.2) is 0 Å². The first kappa shape index (κ1) is 14.7. The Morgan fingerprint density at radius 2 is 2.00 bits per heavy atom. The van der Waals surface area contributed by atoms with E-state index in [0.29, 0.717) is 0 Å². The number of hydrogen-bond acceptors (Lipinski definition) is 5. The van der Waals surface area contributed by atoms with E-state index in [1.807, 2.05) is 0 Å².